The van der Waals surface area contributed by atoms with E-state index in [-0.39, 0.29) is 30.9 Å². The van der Waals surface area contributed by atoms with E-state index in [1.165, 1.54) is 6.92 Å². The molecule has 120 valence electrons. The molecule has 0 bridgehead atoms. The Morgan fingerprint density at radius 2 is 1.91 bits per heavy atom. The van der Waals surface area contributed by atoms with Crippen LogP contribution in [0.1, 0.15) is 36.5 Å². The summed E-state index contributed by atoms with van der Waals surface area (Å²) in [5.41, 5.74) is -0.250. The molecule has 0 fully saturated rings. The first kappa shape index (κ1) is 17.7. The zero-order valence-electron chi connectivity index (χ0n) is 12.2. The minimum Gasteiger partial charge on any atom is -0.466 e. The summed E-state index contributed by atoms with van der Waals surface area (Å²) in [7, 11) is 0. The molecule has 0 unspecified atom stereocenters. The third-order valence-electron chi connectivity index (χ3n) is 2.75. The van der Waals surface area contributed by atoms with Crippen molar-refractivity contribution in [3.05, 3.63) is 35.4 Å². The first-order valence-corrected chi connectivity index (χ1v) is 6.78. The van der Waals surface area contributed by atoms with Gasteiger partial charge in [-0.05, 0) is 18.6 Å². The van der Waals surface area contributed by atoms with E-state index < -0.39 is 23.4 Å². The fourth-order valence-corrected chi connectivity index (χ4v) is 1.66. The second kappa shape index (κ2) is 8.86. The highest BCUT2D eigenvalue weighted by Crippen LogP contribution is 2.13. The molecule has 0 aliphatic heterocycles. The van der Waals surface area contributed by atoms with E-state index in [1.54, 1.807) is 0 Å². The summed E-state index contributed by atoms with van der Waals surface area (Å²) < 4.78 is 31.0. The minimum absolute atomic E-state index is 0.123. The number of halogens is 2. The number of hydrogen-bond donors (Lipinski definition) is 1. The first-order chi connectivity index (χ1) is 10.4. The van der Waals surface area contributed by atoms with Gasteiger partial charge in [-0.3, -0.25) is 14.4 Å². The van der Waals surface area contributed by atoms with Crippen LogP contribution >= 0.6 is 0 Å². The summed E-state index contributed by atoms with van der Waals surface area (Å²) in [4.78, 5) is 33.7. The highest BCUT2D eigenvalue weighted by molar-refractivity contribution is 5.97. The Labute approximate surface area is 126 Å². The van der Waals surface area contributed by atoms with E-state index in [1.807, 2.05) is 0 Å². The average Bonchev–Trinajstić information content (AvgIpc) is 2.44. The Balaban J connectivity index is 2.28. The summed E-state index contributed by atoms with van der Waals surface area (Å²) in [6, 6.07) is 2.65. The Bertz CT molecular complexity index is 560. The highest BCUT2D eigenvalue weighted by atomic mass is 19.1. The van der Waals surface area contributed by atoms with Gasteiger partial charge in [-0.15, -0.1) is 0 Å². The molecule has 5 nitrogen and oxygen atoms in total. The third-order valence-corrected chi connectivity index (χ3v) is 2.75. The zero-order chi connectivity index (χ0) is 16.5. The lowest BCUT2D eigenvalue weighted by Gasteiger charge is -2.05. The molecule has 0 aromatic heterocycles. The number of rotatable bonds is 8. The van der Waals surface area contributed by atoms with Crippen LogP contribution in [0.2, 0.25) is 0 Å². The van der Waals surface area contributed by atoms with E-state index >= 15 is 0 Å². The van der Waals surface area contributed by atoms with Crippen LogP contribution in [0.5, 0.6) is 0 Å². The predicted octanol–water partition coefficient (Wildman–Crippen LogP) is 2.00. The number of nitrogens with one attached hydrogen (secondary N) is 1. The van der Waals surface area contributed by atoms with Gasteiger partial charge in [-0.25, -0.2) is 8.78 Å². The number of benzene rings is 1. The molecule has 1 rings (SSSR count). The van der Waals surface area contributed by atoms with Crippen molar-refractivity contribution in [2.75, 3.05) is 13.2 Å². The Morgan fingerprint density at radius 1 is 1.18 bits per heavy atom. The van der Waals surface area contributed by atoms with Crippen molar-refractivity contribution in [2.24, 2.45) is 0 Å². The number of carbonyl (C=O) groups excluding carboxylic acids is 3. The van der Waals surface area contributed by atoms with Crippen LogP contribution in [0.3, 0.4) is 0 Å². The van der Waals surface area contributed by atoms with Crippen LogP contribution in [0.15, 0.2) is 18.2 Å². The lowest BCUT2D eigenvalue weighted by molar-refractivity contribution is -0.143. The number of ketones is 1. The van der Waals surface area contributed by atoms with Gasteiger partial charge in [-0.1, -0.05) is 0 Å². The molecule has 1 aromatic carbocycles. The zero-order valence-corrected chi connectivity index (χ0v) is 12.2. The summed E-state index contributed by atoms with van der Waals surface area (Å²) in [5, 5.41) is 2.55. The number of esters is 1. The van der Waals surface area contributed by atoms with E-state index in [4.69, 9.17) is 4.74 Å². The Hall–Kier alpha value is -2.31. The average molecular weight is 313 g/mol. The number of Topliss-reactive ketones (excluding diaryl/α,β-unsaturated/α-hetero) is 1. The molecule has 0 aliphatic rings. The van der Waals surface area contributed by atoms with Gasteiger partial charge >= 0.3 is 5.97 Å². The summed E-state index contributed by atoms with van der Waals surface area (Å²) in [6.45, 7) is 1.90. The van der Waals surface area contributed by atoms with Crippen LogP contribution in [-0.2, 0) is 14.3 Å². The van der Waals surface area contributed by atoms with Crippen molar-refractivity contribution < 1.29 is 27.9 Å². The van der Waals surface area contributed by atoms with Crippen LogP contribution in [0.4, 0.5) is 8.78 Å². The lowest BCUT2D eigenvalue weighted by atomic mass is 10.1. The summed E-state index contributed by atoms with van der Waals surface area (Å²) in [6.07, 6.45) is 0.0642. The summed E-state index contributed by atoms with van der Waals surface area (Å²) in [5.74, 6) is -3.06. The van der Waals surface area contributed by atoms with E-state index in [0.29, 0.717) is 19.0 Å². The second-order valence-corrected chi connectivity index (χ2v) is 4.60. The predicted molar refractivity (Wildman–Crippen MR) is 74.2 cm³/mol. The van der Waals surface area contributed by atoms with E-state index in [2.05, 4.69) is 5.32 Å². The quantitative estimate of drug-likeness (QED) is 0.452. The fraction of sp³-hybridized carbons (Fsp3) is 0.400. The Morgan fingerprint density at radius 3 is 2.55 bits per heavy atom. The molecule has 0 saturated heterocycles. The SMILES string of the molecule is CC(=O)NCCCOC(=O)CCC(=O)c1ccc(F)cc1F. The number of ether oxygens (including phenoxy) is 1. The maximum atomic E-state index is 13.4. The molecule has 1 N–H and O–H groups in total. The van der Waals surface area contributed by atoms with Crippen LogP contribution in [0, 0.1) is 11.6 Å². The molecule has 0 radical (unpaired) electrons. The van der Waals surface area contributed by atoms with Crippen LogP contribution < -0.4 is 5.32 Å². The third kappa shape index (κ3) is 6.43. The molecule has 0 atom stereocenters. The molecule has 0 aliphatic carbocycles. The topological polar surface area (TPSA) is 72.5 Å². The molecule has 0 heterocycles. The number of carbonyl (C=O) groups is 3. The van der Waals surface area contributed by atoms with Gasteiger partial charge in [0.15, 0.2) is 5.78 Å². The van der Waals surface area contributed by atoms with Gasteiger partial charge in [0.25, 0.3) is 0 Å². The Kier molecular flexibility index (Phi) is 7.15. The van der Waals surface area contributed by atoms with Gasteiger partial charge in [0, 0.05) is 26.0 Å². The molecular weight excluding hydrogens is 296 g/mol. The molecule has 0 spiro atoms. The van der Waals surface area contributed by atoms with E-state index in [0.717, 1.165) is 12.1 Å². The lowest BCUT2D eigenvalue weighted by Crippen LogP contribution is -2.22. The van der Waals surface area contributed by atoms with Gasteiger partial charge in [0.2, 0.25) is 5.91 Å². The monoisotopic (exact) mass is 313 g/mol. The van der Waals surface area contributed by atoms with Gasteiger partial charge in [0.1, 0.15) is 11.6 Å². The van der Waals surface area contributed by atoms with Gasteiger partial charge < -0.3 is 10.1 Å². The van der Waals surface area contributed by atoms with Crippen molar-refractivity contribution in [2.45, 2.75) is 26.2 Å². The van der Waals surface area contributed by atoms with E-state index in [9.17, 15) is 23.2 Å². The van der Waals surface area contributed by atoms with Crippen molar-refractivity contribution in [3.8, 4) is 0 Å². The molecule has 7 heteroatoms. The van der Waals surface area contributed by atoms with Crippen LogP contribution in [-0.4, -0.2) is 30.8 Å². The molecule has 22 heavy (non-hydrogen) atoms. The maximum absolute atomic E-state index is 13.4. The largest absolute Gasteiger partial charge is 0.466 e. The smallest absolute Gasteiger partial charge is 0.306 e. The molecule has 1 aromatic rings. The van der Waals surface area contributed by atoms with Crippen molar-refractivity contribution in [1.29, 1.82) is 0 Å². The van der Waals surface area contributed by atoms with Crippen molar-refractivity contribution in [3.63, 3.8) is 0 Å². The molecular formula is C15H17F2NO4. The second-order valence-electron chi connectivity index (χ2n) is 4.60. The van der Waals surface area contributed by atoms with Gasteiger partial charge in [0.05, 0.1) is 18.6 Å². The minimum atomic E-state index is -0.950. The van der Waals surface area contributed by atoms with Crippen LogP contribution in [0.25, 0.3) is 0 Å². The fourth-order valence-electron chi connectivity index (χ4n) is 1.66. The maximum Gasteiger partial charge on any atom is 0.306 e. The standard InChI is InChI=1S/C15H17F2NO4/c1-10(19)18-7-2-8-22-15(21)6-5-14(20)12-4-3-11(16)9-13(12)17/h3-4,9H,2,5-8H2,1H3,(H,18,19). The highest BCUT2D eigenvalue weighted by Gasteiger charge is 2.14. The van der Waals surface area contributed by atoms with Crippen molar-refractivity contribution >= 4 is 17.7 Å². The number of hydrogen-bond acceptors (Lipinski definition) is 4. The van der Waals surface area contributed by atoms with Gasteiger partial charge in [-0.2, -0.15) is 0 Å². The molecule has 1 amide bonds. The summed E-state index contributed by atoms with van der Waals surface area (Å²) >= 11 is 0. The normalized spacial score (nSPS) is 10.1. The molecule has 0 saturated carbocycles. The number of amides is 1. The van der Waals surface area contributed by atoms with Crippen molar-refractivity contribution in [1.82, 2.24) is 5.32 Å². The first-order valence-electron chi connectivity index (χ1n) is 6.78.